The van der Waals surface area contributed by atoms with Crippen LogP contribution >= 0.6 is 0 Å². The van der Waals surface area contributed by atoms with Crippen molar-refractivity contribution >= 4 is 6.09 Å². The van der Waals surface area contributed by atoms with Crippen LogP contribution in [0.25, 0.3) is 0 Å². The van der Waals surface area contributed by atoms with Crippen molar-refractivity contribution in [2.75, 3.05) is 13.1 Å². The van der Waals surface area contributed by atoms with E-state index in [1.807, 2.05) is 34.6 Å². The summed E-state index contributed by atoms with van der Waals surface area (Å²) in [5.41, 5.74) is 0.0288. The first kappa shape index (κ1) is 17.3. The molecule has 0 aliphatic heterocycles. The molecule has 20 heavy (non-hydrogen) atoms. The standard InChI is InChI=1S/C16H32N2O2/c1-12(2)18(14(19)20-15(4,5)6)11-10-17-13(3)16(7)8-9-16/h12-13,17H,8-11H2,1-7H3. The molecule has 1 amide bonds. The van der Waals surface area contributed by atoms with Gasteiger partial charge in [0, 0.05) is 25.2 Å². The molecule has 1 aliphatic rings. The van der Waals surface area contributed by atoms with Gasteiger partial charge >= 0.3 is 6.09 Å². The van der Waals surface area contributed by atoms with Crippen molar-refractivity contribution in [3.05, 3.63) is 0 Å². The van der Waals surface area contributed by atoms with E-state index in [1.54, 1.807) is 4.90 Å². The van der Waals surface area contributed by atoms with Crippen LogP contribution in [0.15, 0.2) is 0 Å². The Morgan fingerprint density at radius 1 is 1.30 bits per heavy atom. The van der Waals surface area contributed by atoms with E-state index in [1.165, 1.54) is 12.8 Å². The molecule has 0 radical (unpaired) electrons. The molecule has 118 valence electrons. The summed E-state index contributed by atoms with van der Waals surface area (Å²) >= 11 is 0. The third-order valence-electron chi connectivity index (χ3n) is 4.14. The summed E-state index contributed by atoms with van der Waals surface area (Å²) in [6, 6.07) is 0.661. The first-order valence-electron chi connectivity index (χ1n) is 7.78. The van der Waals surface area contributed by atoms with Crippen molar-refractivity contribution in [2.45, 2.75) is 79.0 Å². The van der Waals surface area contributed by atoms with Gasteiger partial charge in [0.25, 0.3) is 0 Å². The average Bonchev–Trinajstić information content (AvgIpc) is 3.00. The molecule has 0 heterocycles. The summed E-state index contributed by atoms with van der Waals surface area (Å²) in [5.74, 6) is 0. The molecule has 0 aromatic carbocycles. The Balaban J connectivity index is 2.41. The van der Waals surface area contributed by atoms with Gasteiger partial charge in [0.1, 0.15) is 5.60 Å². The van der Waals surface area contributed by atoms with Crippen molar-refractivity contribution in [3.63, 3.8) is 0 Å². The molecule has 0 saturated heterocycles. The molecular formula is C16H32N2O2. The van der Waals surface area contributed by atoms with Crippen LogP contribution in [-0.4, -0.2) is 41.8 Å². The zero-order valence-corrected chi connectivity index (χ0v) is 14.2. The number of hydrogen-bond acceptors (Lipinski definition) is 3. The predicted octanol–water partition coefficient (Wildman–Crippen LogP) is 3.41. The number of amides is 1. The Bertz CT molecular complexity index is 330. The fourth-order valence-electron chi connectivity index (χ4n) is 2.16. The van der Waals surface area contributed by atoms with Gasteiger partial charge in [0.05, 0.1) is 0 Å². The molecule has 1 N–H and O–H groups in total. The van der Waals surface area contributed by atoms with Gasteiger partial charge in [-0.15, -0.1) is 0 Å². The molecule has 1 fully saturated rings. The van der Waals surface area contributed by atoms with Gasteiger partial charge in [-0.1, -0.05) is 6.92 Å². The molecule has 1 rings (SSSR count). The first-order chi connectivity index (χ1) is 9.05. The fraction of sp³-hybridized carbons (Fsp3) is 0.938. The molecule has 0 spiro atoms. The minimum absolute atomic E-state index is 0.151. The number of nitrogens with one attached hydrogen (secondary N) is 1. The number of rotatable bonds is 6. The summed E-state index contributed by atoms with van der Waals surface area (Å²) in [5, 5.41) is 3.54. The number of carbonyl (C=O) groups is 1. The summed E-state index contributed by atoms with van der Waals surface area (Å²) in [4.78, 5) is 14.0. The van der Waals surface area contributed by atoms with E-state index in [4.69, 9.17) is 4.74 Å². The lowest BCUT2D eigenvalue weighted by molar-refractivity contribution is 0.0191. The van der Waals surface area contributed by atoms with E-state index in [2.05, 4.69) is 19.2 Å². The van der Waals surface area contributed by atoms with Gasteiger partial charge in [-0.25, -0.2) is 4.79 Å². The van der Waals surface area contributed by atoms with Crippen molar-refractivity contribution in [3.8, 4) is 0 Å². The summed E-state index contributed by atoms with van der Waals surface area (Å²) in [6.45, 7) is 15.8. The van der Waals surface area contributed by atoms with Gasteiger partial charge in [-0.2, -0.15) is 0 Å². The van der Waals surface area contributed by atoms with Crippen LogP contribution in [0.5, 0.6) is 0 Å². The number of nitrogens with zero attached hydrogens (tertiary/aromatic N) is 1. The van der Waals surface area contributed by atoms with Crippen LogP contribution in [0, 0.1) is 5.41 Å². The molecule has 0 aromatic heterocycles. The maximum Gasteiger partial charge on any atom is 0.410 e. The highest BCUT2D eigenvalue weighted by Crippen LogP contribution is 2.47. The quantitative estimate of drug-likeness (QED) is 0.812. The number of ether oxygens (including phenoxy) is 1. The topological polar surface area (TPSA) is 41.6 Å². The average molecular weight is 284 g/mol. The SMILES string of the molecule is CC(C)N(CCNC(C)C1(C)CC1)C(=O)OC(C)(C)C. The highest BCUT2D eigenvalue weighted by atomic mass is 16.6. The Morgan fingerprint density at radius 3 is 2.25 bits per heavy atom. The van der Waals surface area contributed by atoms with E-state index in [0.717, 1.165) is 6.54 Å². The minimum Gasteiger partial charge on any atom is -0.444 e. The third kappa shape index (κ3) is 5.31. The van der Waals surface area contributed by atoms with Crippen molar-refractivity contribution < 1.29 is 9.53 Å². The number of hydrogen-bond donors (Lipinski definition) is 1. The zero-order valence-electron chi connectivity index (χ0n) is 14.2. The molecule has 1 aliphatic carbocycles. The highest BCUT2D eigenvalue weighted by molar-refractivity contribution is 5.68. The van der Waals surface area contributed by atoms with E-state index in [0.29, 0.717) is 18.0 Å². The van der Waals surface area contributed by atoms with E-state index < -0.39 is 5.60 Å². The smallest absolute Gasteiger partial charge is 0.410 e. The van der Waals surface area contributed by atoms with Gasteiger partial charge < -0.3 is 15.0 Å². The van der Waals surface area contributed by atoms with Crippen molar-refractivity contribution in [1.82, 2.24) is 10.2 Å². The van der Waals surface area contributed by atoms with Crippen molar-refractivity contribution in [1.29, 1.82) is 0 Å². The fourth-order valence-corrected chi connectivity index (χ4v) is 2.16. The van der Waals surface area contributed by atoms with Gasteiger partial charge in [0.15, 0.2) is 0 Å². The molecule has 4 heteroatoms. The number of carbonyl (C=O) groups excluding carboxylic acids is 1. The monoisotopic (exact) mass is 284 g/mol. The van der Waals surface area contributed by atoms with Crippen LogP contribution < -0.4 is 5.32 Å². The van der Waals surface area contributed by atoms with Crippen molar-refractivity contribution in [2.24, 2.45) is 5.41 Å². The van der Waals surface area contributed by atoms with Crippen LogP contribution in [0.4, 0.5) is 4.79 Å². The minimum atomic E-state index is -0.438. The van der Waals surface area contributed by atoms with Crippen LogP contribution in [0.2, 0.25) is 0 Å². The highest BCUT2D eigenvalue weighted by Gasteiger charge is 2.42. The van der Waals surface area contributed by atoms with Crippen LogP contribution in [0.3, 0.4) is 0 Å². The summed E-state index contributed by atoms with van der Waals surface area (Å²) in [7, 11) is 0. The molecule has 1 atom stereocenters. The Morgan fingerprint density at radius 2 is 1.85 bits per heavy atom. The maximum absolute atomic E-state index is 12.2. The normalized spacial score (nSPS) is 18.8. The molecule has 0 aromatic rings. The maximum atomic E-state index is 12.2. The largest absolute Gasteiger partial charge is 0.444 e. The van der Waals surface area contributed by atoms with Gasteiger partial charge in [0.2, 0.25) is 0 Å². The van der Waals surface area contributed by atoms with E-state index in [9.17, 15) is 4.79 Å². The lowest BCUT2D eigenvalue weighted by atomic mass is 10.0. The lowest BCUT2D eigenvalue weighted by Gasteiger charge is -2.31. The van der Waals surface area contributed by atoms with Gasteiger partial charge in [-0.05, 0) is 59.8 Å². The summed E-state index contributed by atoms with van der Waals surface area (Å²) in [6.07, 6.45) is 2.39. The van der Waals surface area contributed by atoms with E-state index in [-0.39, 0.29) is 12.1 Å². The molecule has 1 saturated carbocycles. The molecule has 0 bridgehead atoms. The Hall–Kier alpha value is -0.770. The Labute approximate surface area is 124 Å². The zero-order chi connectivity index (χ0) is 15.6. The second kappa shape index (κ2) is 6.33. The molecular weight excluding hydrogens is 252 g/mol. The van der Waals surface area contributed by atoms with Gasteiger partial charge in [-0.3, -0.25) is 0 Å². The second-order valence-corrected chi connectivity index (χ2v) is 7.60. The van der Waals surface area contributed by atoms with Crippen LogP contribution in [-0.2, 0) is 4.74 Å². The Kier molecular flexibility index (Phi) is 5.47. The first-order valence-corrected chi connectivity index (χ1v) is 7.78. The second-order valence-electron chi connectivity index (χ2n) is 7.60. The lowest BCUT2D eigenvalue weighted by Crippen LogP contribution is -2.46. The van der Waals surface area contributed by atoms with Crippen LogP contribution in [0.1, 0.15) is 61.3 Å². The predicted molar refractivity (Wildman–Crippen MR) is 82.9 cm³/mol. The molecule has 1 unspecified atom stereocenters. The van der Waals surface area contributed by atoms with E-state index >= 15 is 0 Å². The summed E-state index contributed by atoms with van der Waals surface area (Å²) < 4.78 is 5.46. The third-order valence-corrected chi connectivity index (χ3v) is 4.14. The molecule has 4 nitrogen and oxygen atoms in total.